The van der Waals surface area contributed by atoms with E-state index in [2.05, 4.69) is 51.2 Å². The van der Waals surface area contributed by atoms with Gasteiger partial charge >= 0.3 is 0 Å². The van der Waals surface area contributed by atoms with Gasteiger partial charge in [0.15, 0.2) is 0 Å². The lowest BCUT2D eigenvalue weighted by Gasteiger charge is -2.30. The molecule has 1 saturated heterocycles. The minimum atomic E-state index is -0.0424. The lowest BCUT2D eigenvalue weighted by Crippen LogP contribution is -2.36. The van der Waals surface area contributed by atoms with E-state index in [1.807, 2.05) is 48.5 Å². The van der Waals surface area contributed by atoms with Gasteiger partial charge in [0, 0.05) is 29.7 Å². The number of carbonyl (C=O) groups is 1. The molecule has 1 amide bonds. The zero-order chi connectivity index (χ0) is 21.0. The van der Waals surface area contributed by atoms with Crippen molar-refractivity contribution in [3.8, 4) is 11.3 Å². The first-order valence-electron chi connectivity index (χ1n) is 10.6. The normalized spacial score (nSPS) is 14.0. The third-order valence-corrected chi connectivity index (χ3v) is 5.71. The second-order valence-electron chi connectivity index (χ2n) is 7.71. The molecule has 31 heavy (non-hydrogen) atoms. The first kappa shape index (κ1) is 19.4. The number of ether oxygens (including phenoxy) is 1. The molecular formula is C26H25N3O2. The summed E-state index contributed by atoms with van der Waals surface area (Å²) in [5.74, 6) is -0.0424. The van der Waals surface area contributed by atoms with Crippen LogP contribution in [0.5, 0.6) is 0 Å². The van der Waals surface area contributed by atoms with Gasteiger partial charge in [-0.15, -0.1) is 0 Å². The average Bonchev–Trinajstić information content (AvgIpc) is 3.19. The highest BCUT2D eigenvalue weighted by molar-refractivity contribution is 5.96. The zero-order valence-electron chi connectivity index (χ0n) is 17.3. The third-order valence-electron chi connectivity index (χ3n) is 5.71. The van der Waals surface area contributed by atoms with Crippen molar-refractivity contribution in [3.05, 3.63) is 84.9 Å². The predicted octanol–water partition coefficient (Wildman–Crippen LogP) is 4.78. The standard InChI is InChI=1S/C26H25N3O2/c30-26(27-22-11-5-7-13-24(22)28-14-16-31-17-15-28)19-29-23-12-6-4-10-21(23)18-25(29)20-8-2-1-3-9-20/h1-13,18H,14-17,19H2,(H,27,30). The van der Waals surface area contributed by atoms with Crippen LogP contribution < -0.4 is 10.2 Å². The molecule has 1 aromatic heterocycles. The van der Waals surface area contributed by atoms with Crippen LogP contribution in [0.25, 0.3) is 22.2 Å². The van der Waals surface area contributed by atoms with Crippen molar-refractivity contribution in [3.63, 3.8) is 0 Å². The largest absolute Gasteiger partial charge is 0.378 e. The minimum absolute atomic E-state index is 0.0424. The summed E-state index contributed by atoms with van der Waals surface area (Å²) in [7, 11) is 0. The molecule has 3 aromatic carbocycles. The summed E-state index contributed by atoms with van der Waals surface area (Å²) in [6.45, 7) is 3.31. The molecule has 0 unspecified atom stereocenters. The Bertz CT molecular complexity index is 1190. The van der Waals surface area contributed by atoms with Gasteiger partial charge < -0.3 is 19.5 Å². The Morgan fingerprint density at radius 2 is 1.58 bits per heavy atom. The zero-order valence-corrected chi connectivity index (χ0v) is 17.3. The van der Waals surface area contributed by atoms with Gasteiger partial charge in [0.1, 0.15) is 6.54 Å². The van der Waals surface area contributed by atoms with Gasteiger partial charge in [-0.2, -0.15) is 0 Å². The van der Waals surface area contributed by atoms with Crippen LogP contribution in [0.15, 0.2) is 84.9 Å². The summed E-state index contributed by atoms with van der Waals surface area (Å²) < 4.78 is 7.57. The van der Waals surface area contributed by atoms with Crippen LogP contribution in [0.4, 0.5) is 11.4 Å². The van der Waals surface area contributed by atoms with Gasteiger partial charge in [-0.05, 0) is 29.8 Å². The van der Waals surface area contributed by atoms with Crippen molar-refractivity contribution in [2.45, 2.75) is 6.54 Å². The maximum absolute atomic E-state index is 13.2. The number of hydrogen-bond acceptors (Lipinski definition) is 3. The minimum Gasteiger partial charge on any atom is -0.378 e. The molecule has 0 atom stereocenters. The van der Waals surface area contributed by atoms with Crippen LogP contribution in [0.3, 0.4) is 0 Å². The summed E-state index contributed by atoms with van der Waals surface area (Å²) in [6.07, 6.45) is 0. The Morgan fingerprint density at radius 1 is 0.871 bits per heavy atom. The third kappa shape index (κ3) is 4.05. The quantitative estimate of drug-likeness (QED) is 0.514. The molecule has 5 heteroatoms. The molecule has 1 N–H and O–H groups in total. The summed E-state index contributed by atoms with van der Waals surface area (Å²) in [5.41, 5.74) is 5.07. The number of carbonyl (C=O) groups excluding carboxylic acids is 1. The Hall–Kier alpha value is -3.57. The van der Waals surface area contributed by atoms with Gasteiger partial charge in [0.05, 0.1) is 24.6 Å². The van der Waals surface area contributed by atoms with Crippen LogP contribution in [-0.4, -0.2) is 36.8 Å². The van der Waals surface area contributed by atoms with Crippen molar-refractivity contribution < 1.29 is 9.53 Å². The average molecular weight is 412 g/mol. The number of benzene rings is 3. The lowest BCUT2D eigenvalue weighted by atomic mass is 10.1. The van der Waals surface area contributed by atoms with Crippen molar-refractivity contribution in [1.29, 1.82) is 0 Å². The molecule has 0 saturated carbocycles. The van der Waals surface area contributed by atoms with E-state index in [9.17, 15) is 4.79 Å². The fourth-order valence-electron chi connectivity index (χ4n) is 4.22. The number of fused-ring (bicyclic) bond motifs is 1. The van der Waals surface area contributed by atoms with Crippen LogP contribution in [0.2, 0.25) is 0 Å². The van der Waals surface area contributed by atoms with Crippen molar-refractivity contribution in [2.75, 3.05) is 36.5 Å². The molecule has 1 aliphatic heterocycles. The van der Waals surface area contributed by atoms with E-state index in [1.165, 1.54) is 0 Å². The van der Waals surface area contributed by atoms with E-state index in [0.29, 0.717) is 13.2 Å². The SMILES string of the molecule is O=C(Cn1c(-c2ccccc2)cc2ccccc21)Nc1ccccc1N1CCOCC1. The maximum atomic E-state index is 13.2. The summed E-state index contributed by atoms with van der Waals surface area (Å²) >= 11 is 0. The molecule has 0 spiro atoms. The highest BCUT2D eigenvalue weighted by Gasteiger charge is 2.17. The number of aromatic nitrogens is 1. The number of amides is 1. The lowest BCUT2D eigenvalue weighted by molar-refractivity contribution is -0.116. The van der Waals surface area contributed by atoms with Crippen LogP contribution in [0.1, 0.15) is 0 Å². The Kier molecular flexibility index (Phi) is 5.42. The van der Waals surface area contributed by atoms with E-state index in [0.717, 1.165) is 46.6 Å². The first-order valence-corrected chi connectivity index (χ1v) is 10.6. The molecule has 2 heterocycles. The molecule has 0 radical (unpaired) electrons. The van der Waals surface area contributed by atoms with Crippen molar-refractivity contribution >= 4 is 28.2 Å². The van der Waals surface area contributed by atoms with Crippen LogP contribution >= 0.6 is 0 Å². The number of nitrogens with zero attached hydrogens (tertiary/aromatic N) is 2. The first-order chi connectivity index (χ1) is 15.3. The number of nitrogens with one attached hydrogen (secondary N) is 1. The molecule has 1 fully saturated rings. The topological polar surface area (TPSA) is 46.5 Å². The Balaban J connectivity index is 1.44. The van der Waals surface area contributed by atoms with E-state index < -0.39 is 0 Å². The second-order valence-corrected chi connectivity index (χ2v) is 7.71. The number of anilines is 2. The molecule has 4 aromatic rings. The molecule has 5 rings (SSSR count). The monoisotopic (exact) mass is 411 g/mol. The van der Waals surface area contributed by atoms with Gasteiger partial charge in [-0.3, -0.25) is 4.79 Å². The maximum Gasteiger partial charge on any atom is 0.244 e. The fourth-order valence-corrected chi connectivity index (χ4v) is 4.22. The molecule has 5 nitrogen and oxygen atoms in total. The fraction of sp³-hybridized carbons (Fsp3) is 0.192. The molecule has 0 bridgehead atoms. The predicted molar refractivity (Wildman–Crippen MR) is 125 cm³/mol. The molecule has 156 valence electrons. The van der Waals surface area contributed by atoms with E-state index in [-0.39, 0.29) is 12.5 Å². The van der Waals surface area contributed by atoms with Gasteiger partial charge in [-0.25, -0.2) is 0 Å². The molecular weight excluding hydrogens is 386 g/mol. The van der Waals surface area contributed by atoms with E-state index in [4.69, 9.17) is 4.74 Å². The van der Waals surface area contributed by atoms with Crippen LogP contribution in [-0.2, 0) is 16.1 Å². The Morgan fingerprint density at radius 3 is 2.42 bits per heavy atom. The summed E-state index contributed by atoms with van der Waals surface area (Å²) in [5, 5.41) is 4.27. The second kappa shape index (κ2) is 8.66. The van der Waals surface area contributed by atoms with Gasteiger partial charge in [-0.1, -0.05) is 60.7 Å². The van der Waals surface area contributed by atoms with Crippen molar-refractivity contribution in [2.24, 2.45) is 0 Å². The number of morpholine rings is 1. The molecule has 0 aliphatic carbocycles. The summed E-state index contributed by atoms with van der Waals surface area (Å²) in [4.78, 5) is 15.4. The molecule has 1 aliphatic rings. The Labute approximate surface area is 181 Å². The number of hydrogen-bond donors (Lipinski definition) is 1. The van der Waals surface area contributed by atoms with E-state index in [1.54, 1.807) is 0 Å². The van der Waals surface area contributed by atoms with Crippen LogP contribution in [0, 0.1) is 0 Å². The number of rotatable bonds is 5. The van der Waals surface area contributed by atoms with Crippen molar-refractivity contribution in [1.82, 2.24) is 4.57 Å². The highest BCUT2D eigenvalue weighted by atomic mass is 16.5. The smallest absolute Gasteiger partial charge is 0.244 e. The highest BCUT2D eigenvalue weighted by Crippen LogP contribution is 2.29. The van der Waals surface area contributed by atoms with Gasteiger partial charge in [0.25, 0.3) is 0 Å². The summed E-state index contributed by atoms with van der Waals surface area (Å²) in [6, 6.07) is 28.5. The number of para-hydroxylation sites is 3. The van der Waals surface area contributed by atoms with Gasteiger partial charge in [0.2, 0.25) is 5.91 Å². The van der Waals surface area contributed by atoms with E-state index >= 15 is 0 Å².